The third kappa shape index (κ3) is 4.34. The highest BCUT2D eigenvalue weighted by atomic mass is 16.2. The molecule has 0 radical (unpaired) electrons. The highest BCUT2D eigenvalue weighted by Crippen LogP contribution is 2.29. The highest BCUT2D eigenvalue weighted by Gasteiger charge is 2.25. The van der Waals surface area contributed by atoms with E-state index in [1.165, 1.54) is 6.42 Å². The zero-order valence-corrected chi connectivity index (χ0v) is 12.7. The molecule has 1 aromatic carbocycles. The molecule has 1 saturated carbocycles. The topological polar surface area (TPSA) is 49.3 Å². The molecule has 1 aliphatic carbocycles. The first-order valence-electron chi connectivity index (χ1n) is 7.60. The quantitative estimate of drug-likeness (QED) is 0.821. The number of carbonyl (C=O) groups is 1. The maximum atomic E-state index is 12.2. The summed E-state index contributed by atoms with van der Waals surface area (Å²) in [6, 6.07) is 7.47. The van der Waals surface area contributed by atoms with E-state index in [1.54, 1.807) is 12.1 Å². The molecule has 0 bridgehead atoms. The van der Waals surface area contributed by atoms with Gasteiger partial charge in [0.25, 0.3) is 5.91 Å². The highest BCUT2D eigenvalue weighted by molar-refractivity contribution is 5.94. The van der Waals surface area contributed by atoms with Gasteiger partial charge in [0, 0.05) is 17.2 Å². The van der Waals surface area contributed by atoms with Gasteiger partial charge in [0.05, 0.1) is 0 Å². The summed E-state index contributed by atoms with van der Waals surface area (Å²) in [4.78, 5) is 12.2. The monoisotopic (exact) mass is 285 g/mol. The molecule has 112 valence electrons. The minimum absolute atomic E-state index is 0.0107. The molecule has 1 aromatic rings. The first kappa shape index (κ1) is 15.6. The van der Waals surface area contributed by atoms with Crippen LogP contribution in [0, 0.1) is 23.7 Å². The summed E-state index contributed by atoms with van der Waals surface area (Å²) in [7, 11) is 0. The first-order chi connectivity index (χ1) is 10.1. The van der Waals surface area contributed by atoms with Gasteiger partial charge in [0.2, 0.25) is 0 Å². The van der Waals surface area contributed by atoms with Gasteiger partial charge >= 0.3 is 0 Å². The molecule has 0 spiro atoms. The first-order valence-corrected chi connectivity index (χ1v) is 7.60. The van der Waals surface area contributed by atoms with E-state index in [0.29, 0.717) is 11.5 Å². The van der Waals surface area contributed by atoms with Crippen molar-refractivity contribution in [3.63, 3.8) is 0 Å². The predicted molar refractivity (Wildman–Crippen MR) is 83.8 cm³/mol. The molecule has 2 rings (SSSR count). The lowest BCUT2D eigenvalue weighted by Gasteiger charge is -2.32. The van der Waals surface area contributed by atoms with E-state index >= 15 is 0 Å². The van der Waals surface area contributed by atoms with E-state index in [4.69, 9.17) is 5.11 Å². The van der Waals surface area contributed by atoms with Gasteiger partial charge < -0.3 is 10.4 Å². The zero-order valence-electron chi connectivity index (χ0n) is 12.7. The Bertz CT molecular complexity index is 539. The van der Waals surface area contributed by atoms with Crippen LogP contribution in [-0.2, 0) is 0 Å². The van der Waals surface area contributed by atoms with Gasteiger partial charge in [-0.05, 0) is 55.4 Å². The second-order valence-corrected chi connectivity index (χ2v) is 5.98. The number of hydrogen-bond acceptors (Lipinski definition) is 2. The molecule has 3 atom stereocenters. The van der Waals surface area contributed by atoms with Gasteiger partial charge in [-0.25, -0.2) is 0 Å². The Balaban J connectivity index is 1.94. The third-order valence-electron chi connectivity index (χ3n) is 4.39. The fraction of sp³-hybridized carbons (Fsp3) is 0.500. The van der Waals surface area contributed by atoms with Crippen LogP contribution in [0.25, 0.3) is 0 Å². The van der Waals surface area contributed by atoms with Crippen molar-refractivity contribution in [2.45, 2.75) is 39.2 Å². The number of amides is 1. The molecule has 1 aliphatic rings. The van der Waals surface area contributed by atoms with E-state index in [9.17, 15) is 4.79 Å². The van der Waals surface area contributed by atoms with Gasteiger partial charge in [-0.3, -0.25) is 4.79 Å². The van der Waals surface area contributed by atoms with E-state index in [2.05, 4.69) is 31.0 Å². The SMILES string of the molecule is CC1CCC(NC(=O)c2ccc(C#CCO)cc2)CC1C. The molecule has 1 fully saturated rings. The fourth-order valence-corrected chi connectivity index (χ4v) is 2.79. The van der Waals surface area contributed by atoms with Crippen LogP contribution in [0.5, 0.6) is 0 Å². The molecular weight excluding hydrogens is 262 g/mol. The predicted octanol–water partition coefficient (Wildman–Crippen LogP) is 2.58. The Kier molecular flexibility index (Phi) is 5.41. The molecule has 3 heteroatoms. The lowest BCUT2D eigenvalue weighted by Crippen LogP contribution is -2.39. The summed E-state index contributed by atoms with van der Waals surface area (Å²) in [5, 5.41) is 11.8. The van der Waals surface area contributed by atoms with Crippen LogP contribution in [0.1, 0.15) is 49.0 Å². The van der Waals surface area contributed by atoms with E-state index in [1.807, 2.05) is 12.1 Å². The molecule has 21 heavy (non-hydrogen) atoms. The normalized spacial score (nSPS) is 24.8. The average molecular weight is 285 g/mol. The van der Waals surface area contributed by atoms with Crippen molar-refractivity contribution in [1.82, 2.24) is 5.32 Å². The minimum atomic E-state index is -0.152. The summed E-state index contributed by atoms with van der Waals surface area (Å²) >= 11 is 0. The van der Waals surface area contributed by atoms with Gasteiger partial charge in [-0.2, -0.15) is 0 Å². The number of carbonyl (C=O) groups excluding carboxylic acids is 1. The van der Waals surface area contributed by atoms with E-state index < -0.39 is 0 Å². The average Bonchev–Trinajstić information content (AvgIpc) is 2.49. The summed E-state index contributed by atoms with van der Waals surface area (Å²) in [5.74, 6) is 6.82. The third-order valence-corrected chi connectivity index (χ3v) is 4.39. The molecule has 1 amide bonds. The summed E-state index contributed by atoms with van der Waals surface area (Å²) in [6.07, 6.45) is 3.31. The second-order valence-electron chi connectivity index (χ2n) is 5.98. The van der Waals surface area contributed by atoms with Crippen molar-refractivity contribution in [3.8, 4) is 11.8 Å². The number of hydrogen-bond donors (Lipinski definition) is 2. The maximum absolute atomic E-state index is 12.2. The minimum Gasteiger partial charge on any atom is -0.384 e. The molecule has 2 N–H and O–H groups in total. The molecular formula is C18H23NO2. The number of aliphatic hydroxyl groups excluding tert-OH is 1. The number of benzene rings is 1. The Morgan fingerprint density at radius 1 is 1.24 bits per heavy atom. The van der Waals surface area contributed by atoms with Gasteiger partial charge in [0.1, 0.15) is 6.61 Å². The van der Waals surface area contributed by atoms with Crippen LogP contribution in [0.15, 0.2) is 24.3 Å². The van der Waals surface area contributed by atoms with Gasteiger partial charge in [-0.15, -0.1) is 0 Å². The molecule has 3 unspecified atom stereocenters. The summed E-state index contributed by atoms with van der Waals surface area (Å²) < 4.78 is 0. The standard InChI is InChI=1S/C18H23NO2/c1-13-5-10-17(12-14(13)2)19-18(21)16-8-6-15(7-9-16)4-3-11-20/h6-9,13-14,17,20H,5,10-12H2,1-2H3,(H,19,21). The largest absolute Gasteiger partial charge is 0.384 e. The molecule has 0 heterocycles. The van der Waals surface area contributed by atoms with Crippen molar-refractivity contribution in [1.29, 1.82) is 0 Å². The smallest absolute Gasteiger partial charge is 0.251 e. The van der Waals surface area contributed by atoms with Crippen molar-refractivity contribution in [2.75, 3.05) is 6.61 Å². The maximum Gasteiger partial charge on any atom is 0.251 e. The van der Waals surface area contributed by atoms with Gasteiger partial charge in [-0.1, -0.05) is 25.7 Å². The zero-order chi connectivity index (χ0) is 15.2. The Labute approximate surface area is 126 Å². The number of aliphatic hydroxyl groups is 1. The number of rotatable bonds is 2. The van der Waals surface area contributed by atoms with Crippen LogP contribution in [0.3, 0.4) is 0 Å². The van der Waals surface area contributed by atoms with Crippen LogP contribution >= 0.6 is 0 Å². The van der Waals surface area contributed by atoms with E-state index in [-0.39, 0.29) is 18.6 Å². The molecule has 0 aromatic heterocycles. The fourth-order valence-electron chi connectivity index (χ4n) is 2.79. The van der Waals surface area contributed by atoms with Crippen LogP contribution in [0.4, 0.5) is 0 Å². The lowest BCUT2D eigenvalue weighted by molar-refractivity contribution is 0.0910. The molecule has 0 saturated heterocycles. The Hall–Kier alpha value is -1.79. The van der Waals surface area contributed by atoms with E-state index in [0.717, 1.165) is 24.3 Å². The Morgan fingerprint density at radius 2 is 1.95 bits per heavy atom. The van der Waals surface area contributed by atoms with Crippen LogP contribution in [0.2, 0.25) is 0 Å². The van der Waals surface area contributed by atoms with Gasteiger partial charge in [0.15, 0.2) is 0 Å². The van der Waals surface area contributed by atoms with Crippen LogP contribution in [-0.4, -0.2) is 23.7 Å². The van der Waals surface area contributed by atoms with Crippen molar-refractivity contribution < 1.29 is 9.90 Å². The molecule has 3 nitrogen and oxygen atoms in total. The van der Waals surface area contributed by atoms with Crippen molar-refractivity contribution in [2.24, 2.45) is 11.8 Å². The molecule has 0 aliphatic heterocycles. The Morgan fingerprint density at radius 3 is 2.57 bits per heavy atom. The van der Waals surface area contributed by atoms with Crippen molar-refractivity contribution in [3.05, 3.63) is 35.4 Å². The lowest BCUT2D eigenvalue weighted by atomic mass is 9.79. The van der Waals surface area contributed by atoms with Crippen LogP contribution < -0.4 is 5.32 Å². The van der Waals surface area contributed by atoms with Crippen molar-refractivity contribution >= 4 is 5.91 Å². The summed E-state index contributed by atoms with van der Waals surface area (Å²) in [5.41, 5.74) is 1.47. The summed E-state index contributed by atoms with van der Waals surface area (Å²) in [6.45, 7) is 4.40. The second kappa shape index (κ2) is 7.28. The number of nitrogens with one attached hydrogen (secondary N) is 1.